The normalized spacial score (nSPS) is 10.6. The first kappa shape index (κ1) is 19.3. The second-order valence-electron chi connectivity index (χ2n) is 5.42. The van der Waals surface area contributed by atoms with Gasteiger partial charge < -0.3 is 14.2 Å². The van der Waals surface area contributed by atoms with Crippen LogP contribution in [0.25, 0.3) is 0 Å². The van der Waals surface area contributed by atoms with Gasteiger partial charge in [-0.05, 0) is 61.4 Å². The first-order valence-electron chi connectivity index (χ1n) is 8.55. The maximum Gasteiger partial charge on any atom is 0.271 e. The Morgan fingerprint density at radius 3 is 2.50 bits per heavy atom. The van der Waals surface area contributed by atoms with Gasteiger partial charge in [0.2, 0.25) is 0 Å². The highest BCUT2D eigenvalue weighted by Gasteiger charge is 2.06. The van der Waals surface area contributed by atoms with Crippen LogP contribution in [0.15, 0.2) is 47.6 Å². The van der Waals surface area contributed by atoms with Gasteiger partial charge in [0.05, 0.1) is 26.5 Å². The van der Waals surface area contributed by atoms with E-state index in [4.69, 9.17) is 14.2 Å². The third-order valence-electron chi connectivity index (χ3n) is 3.46. The van der Waals surface area contributed by atoms with E-state index >= 15 is 0 Å². The number of nitrogens with zero attached hydrogens (tertiary/aromatic N) is 1. The average Bonchev–Trinajstić information content (AvgIpc) is 2.67. The van der Waals surface area contributed by atoms with E-state index in [1.165, 1.54) is 0 Å². The van der Waals surface area contributed by atoms with Gasteiger partial charge in [-0.25, -0.2) is 5.43 Å². The highest BCUT2D eigenvalue weighted by molar-refractivity contribution is 5.95. The van der Waals surface area contributed by atoms with Crippen molar-refractivity contribution in [3.63, 3.8) is 0 Å². The van der Waals surface area contributed by atoms with Gasteiger partial charge in [0.25, 0.3) is 5.91 Å². The molecule has 0 saturated carbocycles. The molecular formula is C20H24N2O4. The minimum absolute atomic E-state index is 0.292. The van der Waals surface area contributed by atoms with Crippen molar-refractivity contribution in [3.05, 3.63) is 53.6 Å². The molecule has 0 fully saturated rings. The van der Waals surface area contributed by atoms with Gasteiger partial charge in [-0.2, -0.15) is 5.10 Å². The number of ether oxygens (including phenoxy) is 3. The monoisotopic (exact) mass is 356 g/mol. The second-order valence-corrected chi connectivity index (χ2v) is 5.42. The molecule has 1 N–H and O–H groups in total. The van der Waals surface area contributed by atoms with E-state index in [1.54, 1.807) is 43.7 Å². The Bertz CT molecular complexity index is 742. The fraction of sp³-hybridized carbons (Fsp3) is 0.300. The zero-order chi connectivity index (χ0) is 18.8. The Kier molecular flexibility index (Phi) is 7.49. The number of amides is 1. The minimum Gasteiger partial charge on any atom is -0.494 e. The molecular weight excluding hydrogens is 332 g/mol. The summed E-state index contributed by atoms with van der Waals surface area (Å²) >= 11 is 0. The lowest BCUT2D eigenvalue weighted by Gasteiger charge is -2.10. The van der Waals surface area contributed by atoms with Crippen LogP contribution in [0.5, 0.6) is 17.2 Å². The molecule has 6 heteroatoms. The van der Waals surface area contributed by atoms with Crippen LogP contribution < -0.4 is 19.6 Å². The summed E-state index contributed by atoms with van der Waals surface area (Å²) in [5.41, 5.74) is 3.80. The molecule has 0 radical (unpaired) electrons. The van der Waals surface area contributed by atoms with Crippen LogP contribution in [0.3, 0.4) is 0 Å². The number of rotatable bonds is 9. The zero-order valence-electron chi connectivity index (χ0n) is 15.3. The molecule has 2 aromatic carbocycles. The lowest BCUT2D eigenvalue weighted by Crippen LogP contribution is -2.17. The molecule has 0 saturated heterocycles. The molecule has 138 valence electrons. The first-order chi connectivity index (χ1) is 12.7. The molecule has 0 aliphatic rings. The highest BCUT2D eigenvalue weighted by Crippen LogP contribution is 2.27. The molecule has 0 aliphatic heterocycles. The van der Waals surface area contributed by atoms with E-state index in [2.05, 4.69) is 10.5 Å². The summed E-state index contributed by atoms with van der Waals surface area (Å²) in [6.45, 7) is 5.16. The van der Waals surface area contributed by atoms with Crippen molar-refractivity contribution in [2.45, 2.75) is 20.3 Å². The van der Waals surface area contributed by atoms with Gasteiger partial charge in [0.1, 0.15) is 5.75 Å². The molecule has 0 aromatic heterocycles. The number of hydrogen-bond acceptors (Lipinski definition) is 5. The number of hydrazone groups is 1. The Labute approximate surface area is 153 Å². The quantitative estimate of drug-likeness (QED) is 0.550. The molecule has 0 spiro atoms. The molecule has 2 rings (SSSR count). The van der Waals surface area contributed by atoms with Crippen LogP contribution >= 0.6 is 0 Å². The minimum atomic E-state index is -0.292. The Morgan fingerprint density at radius 1 is 1.08 bits per heavy atom. The predicted molar refractivity (Wildman–Crippen MR) is 101 cm³/mol. The fourth-order valence-electron chi connectivity index (χ4n) is 2.19. The summed E-state index contributed by atoms with van der Waals surface area (Å²) in [7, 11) is 1.59. The summed E-state index contributed by atoms with van der Waals surface area (Å²) in [6.07, 6.45) is 2.47. The smallest absolute Gasteiger partial charge is 0.271 e. The molecule has 0 atom stereocenters. The summed E-state index contributed by atoms with van der Waals surface area (Å²) in [5, 5.41) is 3.99. The maximum atomic E-state index is 12.1. The summed E-state index contributed by atoms with van der Waals surface area (Å²) < 4.78 is 16.3. The van der Waals surface area contributed by atoms with Crippen molar-refractivity contribution in [2.24, 2.45) is 5.10 Å². The van der Waals surface area contributed by atoms with Gasteiger partial charge >= 0.3 is 0 Å². The predicted octanol–water partition coefficient (Wildman–Crippen LogP) is 3.65. The van der Waals surface area contributed by atoms with E-state index in [1.807, 2.05) is 26.0 Å². The van der Waals surface area contributed by atoms with Crippen molar-refractivity contribution < 1.29 is 19.0 Å². The van der Waals surface area contributed by atoms with Crippen LogP contribution in [-0.4, -0.2) is 32.4 Å². The fourth-order valence-corrected chi connectivity index (χ4v) is 2.19. The Balaban J connectivity index is 1.97. The standard InChI is InChI=1S/C20H24N2O4/c1-4-12-26-18-11-6-15(13-19(18)24-3)14-21-22-20(23)16-7-9-17(10-8-16)25-5-2/h6-11,13-14H,4-5,12H2,1-3H3,(H,22,23)/b21-14-. The SMILES string of the molecule is CCCOc1ccc(/C=N\NC(=O)c2ccc(OCC)cc2)cc1OC. The van der Waals surface area contributed by atoms with E-state index < -0.39 is 0 Å². The number of nitrogens with one attached hydrogen (secondary N) is 1. The molecule has 1 amide bonds. The number of benzene rings is 2. The summed E-state index contributed by atoms with van der Waals surface area (Å²) in [4.78, 5) is 12.1. The van der Waals surface area contributed by atoms with E-state index in [-0.39, 0.29) is 5.91 Å². The topological polar surface area (TPSA) is 69.2 Å². The van der Waals surface area contributed by atoms with Gasteiger partial charge in [-0.1, -0.05) is 6.92 Å². The van der Waals surface area contributed by atoms with Crippen molar-refractivity contribution in [3.8, 4) is 17.2 Å². The molecule has 2 aromatic rings. The lowest BCUT2D eigenvalue weighted by molar-refractivity contribution is 0.0955. The van der Waals surface area contributed by atoms with Crippen molar-refractivity contribution >= 4 is 12.1 Å². The van der Waals surface area contributed by atoms with Gasteiger partial charge in [0, 0.05) is 5.56 Å². The lowest BCUT2D eigenvalue weighted by atomic mass is 10.2. The van der Waals surface area contributed by atoms with E-state index in [0.29, 0.717) is 30.3 Å². The number of hydrogen-bond donors (Lipinski definition) is 1. The summed E-state index contributed by atoms with van der Waals surface area (Å²) in [5.74, 6) is 1.74. The number of carbonyl (C=O) groups is 1. The molecule has 6 nitrogen and oxygen atoms in total. The van der Waals surface area contributed by atoms with Gasteiger partial charge in [-0.15, -0.1) is 0 Å². The maximum absolute atomic E-state index is 12.1. The van der Waals surface area contributed by atoms with Crippen LogP contribution in [0.4, 0.5) is 0 Å². The molecule has 0 aliphatic carbocycles. The largest absolute Gasteiger partial charge is 0.494 e. The second kappa shape index (κ2) is 10.1. The Morgan fingerprint density at radius 2 is 1.85 bits per heavy atom. The number of carbonyl (C=O) groups excluding carboxylic acids is 1. The van der Waals surface area contributed by atoms with Crippen molar-refractivity contribution in [1.29, 1.82) is 0 Å². The third-order valence-corrected chi connectivity index (χ3v) is 3.46. The van der Waals surface area contributed by atoms with Crippen LogP contribution in [0.2, 0.25) is 0 Å². The molecule has 0 bridgehead atoms. The van der Waals surface area contributed by atoms with Crippen molar-refractivity contribution in [2.75, 3.05) is 20.3 Å². The average molecular weight is 356 g/mol. The van der Waals surface area contributed by atoms with Gasteiger partial charge in [0.15, 0.2) is 11.5 Å². The molecule has 0 heterocycles. The zero-order valence-corrected chi connectivity index (χ0v) is 15.3. The Hall–Kier alpha value is -3.02. The molecule has 26 heavy (non-hydrogen) atoms. The van der Waals surface area contributed by atoms with Crippen LogP contribution in [-0.2, 0) is 0 Å². The first-order valence-corrected chi connectivity index (χ1v) is 8.55. The van der Waals surface area contributed by atoms with Crippen LogP contribution in [0.1, 0.15) is 36.2 Å². The summed E-state index contributed by atoms with van der Waals surface area (Å²) in [6, 6.07) is 12.4. The van der Waals surface area contributed by atoms with E-state index in [0.717, 1.165) is 17.7 Å². The third kappa shape index (κ3) is 5.51. The van der Waals surface area contributed by atoms with Crippen LogP contribution in [0, 0.1) is 0 Å². The molecule has 0 unspecified atom stereocenters. The van der Waals surface area contributed by atoms with E-state index in [9.17, 15) is 4.79 Å². The number of methoxy groups -OCH3 is 1. The van der Waals surface area contributed by atoms with Gasteiger partial charge in [-0.3, -0.25) is 4.79 Å². The van der Waals surface area contributed by atoms with Crippen molar-refractivity contribution in [1.82, 2.24) is 5.43 Å². The highest BCUT2D eigenvalue weighted by atomic mass is 16.5.